The average molecular weight is 410 g/mol. The van der Waals surface area contributed by atoms with Gasteiger partial charge in [0.1, 0.15) is 0 Å². The molecule has 0 radical (unpaired) electrons. The first-order valence-corrected chi connectivity index (χ1v) is 11.3. The van der Waals surface area contributed by atoms with Gasteiger partial charge in [-0.15, -0.1) is 0 Å². The Morgan fingerprint density at radius 2 is 1.79 bits per heavy atom. The molecule has 0 atom stereocenters. The molecule has 0 saturated heterocycles. The van der Waals surface area contributed by atoms with Gasteiger partial charge in [-0.3, -0.25) is 9.59 Å². The number of hydrogen-bond donors (Lipinski definition) is 2. The van der Waals surface area contributed by atoms with Crippen LogP contribution in [0.15, 0.2) is 23.1 Å². The van der Waals surface area contributed by atoms with E-state index in [1.807, 2.05) is 4.90 Å². The Bertz CT molecular complexity index is 809. The topological polar surface area (TPSA) is 95.6 Å². The highest BCUT2D eigenvalue weighted by Crippen LogP contribution is 2.25. The van der Waals surface area contributed by atoms with Crippen LogP contribution in [0, 0.1) is 11.8 Å². The standard InChI is InChI=1S/C20H31N3O4S/c1-14(2)12-23(13-15(3)4)20(25)9-10-21-28(26,27)17-6-7-18-16(11-17)5-8-19(24)22-18/h6-7,11,14-15,21H,5,8-10,12-13H2,1-4H3,(H,22,24). The normalized spacial score (nSPS) is 14.1. The van der Waals surface area contributed by atoms with E-state index in [4.69, 9.17) is 0 Å². The molecule has 7 nitrogen and oxygen atoms in total. The summed E-state index contributed by atoms with van der Waals surface area (Å²) in [6, 6.07) is 4.67. The zero-order valence-electron chi connectivity index (χ0n) is 17.1. The van der Waals surface area contributed by atoms with Gasteiger partial charge >= 0.3 is 0 Å². The lowest BCUT2D eigenvalue weighted by Gasteiger charge is -2.26. The van der Waals surface area contributed by atoms with Gasteiger partial charge in [0, 0.05) is 38.2 Å². The largest absolute Gasteiger partial charge is 0.342 e. The number of sulfonamides is 1. The zero-order chi connectivity index (χ0) is 20.9. The lowest BCUT2D eigenvalue weighted by Crippen LogP contribution is -2.39. The molecule has 0 aliphatic carbocycles. The number of nitrogens with one attached hydrogen (secondary N) is 2. The molecule has 8 heteroatoms. The van der Waals surface area contributed by atoms with Gasteiger partial charge < -0.3 is 10.2 Å². The van der Waals surface area contributed by atoms with E-state index in [-0.39, 0.29) is 29.7 Å². The number of carbonyl (C=O) groups excluding carboxylic acids is 2. The van der Waals surface area contributed by atoms with Crippen molar-refractivity contribution >= 4 is 27.5 Å². The second kappa shape index (κ2) is 9.52. The number of amides is 2. The monoisotopic (exact) mass is 409 g/mol. The first-order valence-electron chi connectivity index (χ1n) is 9.78. The molecule has 2 N–H and O–H groups in total. The number of anilines is 1. The second-order valence-electron chi connectivity index (χ2n) is 8.10. The van der Waals surface area contributed by atoms with Crippen LogP contribution >= 0.6 is 0 Å². The highest BCUT2D eigenvalue weighted by molar-refractivity contribution is 7.89. The zero-order valence-corrected chi connectivity index (χ0v) is 17.9. The van der Waals surface area contributed by atoms with E-state index >= 15 is 0 Å². The number of rotatable bonds is 9. The molecule has 1 heterocycles. The first kappa shape index (κ1) is 22.4. The molecule has 1 aromatic carbocycles. The van der Waals surface area contributed by atoms with Crippen LogP contribution in [0.2, 0.25) is 0 Å². The quantitative estimate of drug-likeness (QED) is 0.655. The maximum atomic E-state index is 12.6. The van der Waals surface area contributed by atoms with Gasteiger partial charge in [0.25, 0.3) is 0 Å². The number of aryl methyl sites for hydroxylation is 1. The minimum Gasteiger partial charge on any atom is -0.342 e. The molecular formula is C20H31N3O4S. The maximum absolute atomic E-state index is 12.6. The lowest BCUT2D eigenvalue weighted by atomic mass is 10.0. The molecule has 0 spiro atoms. The van der Waals surface area contributed by atoms with Crippen molar-refractivity contribution in [3.05, 3.63) is 23.8 Å². The van der Waals surface area contributed by atoms with Crippen molar-refractivity contribution in [2.45, 2.75) is 51.9 Å². The second-order valence-corrected chi connectivity index (χ2v) is 9.87. The van der Waals surface area contributed by atoms with Crippen LogP contribution in [0.25, 0.3) is 0 Å². The van der Waals surface area contributed by atoms with E-state index < -0.39 is 10.0 Å². The molecule has 0 bridgehead atoms. The van der Waals surface area contributed by atoms with Crippen molar-refractivity contribution in [2.24, 2.45) is 11.8 Å². The van der Waals surface area contributed by atoms with Gasteiger partial charge in [-0.25, -0.2) is 13.1 Å². The Hall–Kier alpha value is -1.93. The molecular weight excluding hydrogens is 378 g/mol. The minimum atomic E-state index is -3.71. The fourth-order valence-corrected chi connectivity index (χ4v) is 4.30. The van der Waals surface area contributed by atoms with Crippen molar-refractivity contribution < 1.29 is 18.0 Å². The molecule has 1 aliphatic rings. The van der Waals surface area contributed by atoms with Crippen molar-refractivity contribution in [3.63, 3.8) is 0 Å². The number of fused-ring (bicyclic) bond motifs is 1. The van der Waals surface area contributed by atoms with Gasteiger partial charge in [-0.2, -0.15) is 0 Å². The van der Waals surface area contributed by atoms with Crippen LogP contribution < -0.4 is 10.0 Å². The summed E-state index contributed by atoms with van der Waals surface area (Å²) in [6.45, 7) is 9.62. The Labute approximate surface area is 167 Å². The van der Waals surface area contributed by atoms with Crippen LogP contribution in [0.4, 0.5) is 5.69 Å². The fourth-order valence-electron chi connectivity index (χ4n) is 3.22. The number of carbonyl (C=O) groups is 2. The maximum Gasteiger partial charge on any atom is 0.240 e. The highest BCUT2D eigenvalue weighted by Gasteiger charge is 2.21. The third kappa shape index (κ3) is 6.31. The molecule has 0 saturated carbocycles. The molecule has 0 unspecified atom stereocenters. The van der Waals surface area contributed by atoms with Crippen molar-refractivity contribution in [2.75, 3.05) is 25.0 Å². The summed E-state index contributed by atoms with van der Waals surface area (Å²) in [4.78, 5) is 25.9. The smallest absolute Gasteiger partial charge is 0.240 e. The van der Waals surface area contributed by atoms with Crippen LogP contribution in [0.1, 0.15) is 46.1 Å². The number of nitrogens with zero attached hydrogens (tertiary/aromatic N) is 1. The van der Waals surface area contributed by atoms with Gasteiger partial charge in [0.15, 0.2) is 0 Å². The van der Waals surface area contributed by atoms with Crippen LogP contribution in [0.5, 0.6) is 0 Å². The van der Waals surface area contributed by atoms with E-state index in [0.29, 0.717) is 43.5 Å². The van der Waals surface area contributed by atoms with Crippen molar-refractivity contribution in [3.8, 4) is 0 Å². The predicted octanol–water partition coefficient (Wildman–Crippen LogP) is 2.38. The Balaban J connectivity index is 1.97. The lowest BCUT2D eigenvalue weighted by molar-refractivity contribution is -0.132. The van der Waals surface area contributed by atoms with E-state index in [1.165, 1.54) is 6.07 Å². The number of hydrogen-bond acceptors (Lipinski definition) is 4. The summed E-state index contributed by atoms with van der Waals surface area (Å²) in [6.07, 6.45) is 0.988. The molecule has 28 heavy (non-hydrogen) atoms. The third-order valence-electron chi connectivity index (χ3n) is 4.44. The number of benzene rings is 1. The van der Waals surface area contributed by atoms with E-state index in [2.05, 4.69) is 37.7 Å². The molecule has 1 aromatic rings. The minimum absolute atomic E-state index is 0.0433. The SMILES string of the molecule is CC(C)CN(CC(C)C)C(=O)CCNS(=O)(=O)c1ccc2c(c1)CCC(=O)N2. The summed E-state index contributed by atoms with van der Waals surface area (Å²) >= 11 is 0. The molecule has 156 valence electrons. The summed E-state index contributed by atoms with van der Waals surface area (Å²) in [5, 5.41) is 2.74. The molecule has 0 fully saturated rings. The van der Waals surface area contributed by atoms with Gasteiger partial charge in [0.2, 0.25) is 21.8 Å². The highest BCUT2D eigenvalue weighted by atomic mass is 32.2. The van der Waals surface area contributed by atoms with Gasteiger partial charge in [-0.05, 0) is 42.0 Å². The fraction of sp³-hybridized carbons (Fsp3) is 0.600. The van der Waals surface area contributed by atoms with Gasteiger partial charge in [-0.1, -0.05) is 27.7 Å². The molecule has 2 rings (SSSR count). The summed E-state index contributed by atoms with van der Waals surface area (Å²) in [5.41, 5.74) is 1.46. The Kier molecular flexibility index (Phi) is 7.60. The summed E-state index contributed by atoms with van der Waals surface area (Å²) in [5.74, 6) is 0.608. The molecule has 2 amide bonds. The van der Waals surface area contributed by atoms with Crippen molar-refractivity contribution in [1.82, 2.24) is 9.62 Å². The van der Waals surface area contributed by atoms with E-state index in [0.717, 1.165) is 5.56 Å². The Morgan fingerprint density at radius 1 is 1.14 bits per heavy atom. The van der Waals surface area contributed by atoms with Crippen LogP contribution in [0.3, 0.4) is 0 Å². The summed E-state index contributed by atoms with van der Waals surface area (Å²) < 4.78 is 27.7. The van der Waals surface area contributed by atoms with E-state index in [9.17, 15) is 18.0 Å². The van der Waals surface area contributed by atoms with Crippen LogP contribution in [-0.4, -0.2) is 44.8 Å². The van der Waals surface area contributed by atoms with Gasteiger partial charge in [0.05, 0.1) is 4.90 Å². The predicted molar refractivity (Wildman–Crippen MR) is 109 cm³/mol. The average Bonchev–Trinajstić information content (AvgIpc) is 2.59. The van der Waals surface area contributed by atoms with E-state index in [1.54, 1.807) is 12.1 Å². The van der Waals surface area contributed by atoms with Crippen LogP contribution in [-0.2, 0) is 26.0 Å². The summed E-state index contributed by atoms with van der Waals surface area (Å²) in [7, 11) is -3.71. The van der Waals surface area contributed by atoms with Crippen molar-refractivity contribution in [1.29, 1.82) is 0 Å². The first-order chi connectivity index (χ1) is 13.1. The molecule has 1 aliphatic heterocycles. The molecule has 0 aromatic heterocycles. The third-order valence-corrected chi connectivity index (χ3v) is 5.90. The Morgan fingerprint density at radius 3 is 2.39 bits per heavy atom.